The van der Waals surface area contributed by atoms with Crippen LogP contribution in [0.25, 0.3) is 16.4 Å². The lowest BCUT2D eigenvalue weighted by Crippen LogP contribution is -2.04. The monoisotopic (exact) mass is 384 g/mol. The molecule has 0 bridgehead atoms. The van der Waals surface area contributed by atoms with E-state index >= 15 is 0 Å². The van der Waals surface area contributed by atoms with Gasteiger partial charge in [-0.05, 0) is 53.8 Å². The van der Waals surface area contributed by atoms with E-state index < -0.39 is 0 Å². The van der Waals surface area contributed by atoms with Crippen LogP contribution in [0.3, 0.4) is 0 Å². The first kappa shape index (κ1) is 16.9. The molecule has 0 saturated heterocycles. The van der Waals surface area contributed by atoms with Crippen molar-refractivity contribution < 1.29 is 4.52 Å². The molecule has 4 aromatic rings. The number of hydrogen-bond donors (Lipinski definition) is 0. The summed E-state index contributed by atoms with van der Waals surface area (Å²) in [5.74, 6) is 1.16. The van der Waals surface area contributed by atoms with Gasteiger partial charge in [-0.15, -0.1) is 16.4 Å². The zero-order chi connectivity index (χ0) is 18.1. The molecule has 132 valence electrons. The Hall–Kier alpha value is -2.52. The molecule has 0 saturated carbocycles. The number of para-hydroxylation sites is 1. The van der Waals surface area contributed by atoms with Crippen molar-refractivity contribution in [1.82, 2.24) is 30.3 Å². The van der Waals surface area contributed by atoms with Crippen LogP contribution in [0.1, 0.15) is 29.2 Å². The van der Waals surface area contributed by atoms with Gasteiger partial charge in [0, 0.05) is 0 Å². The first-order valence-corrected chi connectivity index (χ1v) is 9.78. The lowest BCUT2D eigenvalue weighted by Gasteiger charge is -2.11. The molecule has 0 aliphatic carbocycles. The summed E-state index contributed by atoms with van der Waals surface area (Å²) in [7, 11) is 0. The van der Waals surface area contributed by atoms with E-state index in [0.29, 0.717) is 16.9 Å². The molecule has 26 heavy (non-hydrogen) atoms. The molecular formula is C17H16N6OS2. The second-order valence-corrected chi connectivity index (χ2v) is 8.06. The SMILES string of the molecule is Cc1cccc(C)c1-n1nnnc1SC(C)c1nc(-c2cccs2)no1. The van der Waals surface area contributed by atoms with Gasteiger partial charge in [0.1, 0.15) is 0 Å². The van der Waals surface area contributed by atoms with Gasteiger partial charge in [-0.3, -0.25) is 0 Å². The number of thioether (sulfide) groups is 1. The smallest absolute Gasteiger partial charge is 0.240 e. The molecule has 7 nitrogen and oxygen atoms in total. The van der Waals surface area contributed by atoms with E-state index in [2.05, 4.69) is 25.7 Å². The maximum Gasteiger partial charge on any atom is 0.240 e. The van der Waals surface area contributed by atoms with E-state index in [-0.39, 0.29) is 5.25 Å². The third kappa shape index (κ3) is 3.15. The average molecular weight is 384 g/mol. The zero-order valence-electron chi connectivity index (χ0n) is 14.4. The van der Waals surface area contributed by atoms with Gasteiger partial charge in [0.2, 0.25) is 16.9 Å². The summed E-state index contributed by atoms with van der Waals surface area (Å²) in [5, 5.41) is 18.9. The second-order valence-electron chi connectivity index (χ2n) is 5.81. The summed E-state index contributed by atoms with van der Waals surface area (Å²) in [5.41, 5.74) is 3.23. The fourth-order valence-electron chi connectivity index (χ4n) is 2.65. The largest absolute Gasteiger partial charge is 0.338 e. The highest BCUT2D eigenvalue weighted by Crippen LogP contribution is 2.35. The van der Waals surface area contributed by atoms with Crippen molar-refractivity contribution in [1.29, 1.82) is 0 Å². The summed E-state index contributed by atoms with van der Waals surface area (Å²) in [6.07, 6.45) is 0. The molecule has 0 fully saturated rings. The number of aryl methyl sites for hydroxylation is 2. The van der Waals surface area contributed by atoms with E-state index in [9.17, 15) is 0 Å². The molecule has 1 aromatic carbocycles. The Morgan fingerprint density at radius 3 is 2.69 bits per heavy atom. The molecule has 0 amide bonds. The van der Waals surface area contributed by atoms with Crippen LogP contribution in [0.2, 0.25) is 0 Å². The molecule has 3 aromatic heterocycles. The fourth-order valence-corrected chi connectivity index (χ4v) is 4.12. The molecule has 0 N–H and O–H groups in total. The highest BCUT2D eigenvalue weighted by atomic mass is 32.2. The van der Waals surface area contributed by atoms with Crippen molar-refractivity contribution in [3.8, 4) is 16.4 Å². The second kappa shape index (κ2) is 7.00. The highest BCUT2D eigenvalue weighted by molar-refractivity contribution is 7.99. The predicted octanol–water partition coefficient (Wildman–Crippen LogP) is 4.24. The lowest BCUT2D eigenvalue weighted by molar-refractivity contribution is 0.380. The third-order valence-electron chi connectivity index (χ3n) is 3.91. The summed E-state index contributed by atoms with van der Waals surface area (Å²) in [4.78, 5) is 5.49. The molecular weight excluding hydrogens is 368 g/mol. The summed E-state index contributed by atoms with van der Waals surface area (Å²) < 4.78 is 7.21. The molecule has 1 atom stereocenters. The maximum atomic E-state index is 5.44. The Morgan fingerprint density at radius 1 is 1.15 bits per heavy atom. The van der Waals surface area contributed by atoms with Crippen LogP contribution < -0.4 is 0 Å². The van der Waals surface area contributed by atoms with E-state index in [1.807, 2.05) is 56.5 Å². The number of nitrogens with zero attached hydrogens (tertiary/aromatic N) is 6. The highest BCUT2D eigenvalue weighted by Gasteiger charge is 2.21. The molecule has 0 aliphatic heterocycles. The van der Waals surface area contributed by atoms with Crippen molar-refractivity contribution in [3.05, 3.63) is 52.7 Å². The van der Waals surface area contributed by atoms with Crippen LogP contribution in [0.4, 0.5) is 0 Å². The number of aromatic nitrogens is 6. The van der Waals surface area contributed by atoms with Gasteiger partial charge in [0.25, 0.3) is 0 Å². The molecule has 0 spiro atoms. The van der Waals surface area contributed by atoms with Crippen LogP contribution in [-0.2, 0) is 0 Å². The van der Waals surface area contributed by atoms with Gasteiger partial charge in [0.15, 0.2) is 0 Å². The Balaban J connectivity index is 1.60. The summed E-state index contributed by atoms with van der Waals surface area (Å²) >= 11 is 3.07. The Labute approximate surface area is 158 Å². The molecule has 3 heterocycles. The third-order valence-corrected chi connectivity index (χ3v) is 5.79. The quantitative estimate of drug-likeness (QED) is 0.476. The average Bonchev–Trinajstić information content (AvgIpc) is 3.36. The number of rotatable bonds is 5. The van der Waals surface area contributed by atoms with Crippen LogP contribution in [0.15, 0.2) is 45.4 Å². The van der Waals surface area contributed by atoms with Crippen molar-refractivity contribution >= 4 is 23.1 Å². The van der Waals surface area contributed by atoms with Crippen LogP contribution in [0.5, 0.6) is 0 Å². The van der Waals surface area contributed by atoms with Gasteiger partial charge in [-0.2, -0.15) is 9.67 Å². The Morgan fingerprint density at radius 2 is 1.96 bits per heavy atom. The topological polar surface area (TPSA) is 82.5 Å². The van der Waals surface area contributed by atoms with E-state index in [0.717, 1.165) is 21.7 Å². The fraction of sp³-hybridized carbons (Fsp3) is 0.235. The van der Waals surface area contributed by atoms with Crippen molar-refractivity contribution in [3.63, 3.8) is 0 Å². The minimum atomic E-state index is -0.0784. The van der Waals surface area contributed by atoms with E-state index in [1.165, 1.54) is 11.8 Å². The van der Waals surface area contributed by atoms with Crippen LogP contribution >= 0.6 is 23.1 Å². The molecule has 4 rings (SSSR count). The number of tetrazole rings is 1. The lowest BCUT2D eigenvalue weighted by atomic mass is 10.1. The van der Waals surface area contributed by atoms with Gasteiger partial charge in [-0.1, -0.05) is 41.2 Å². The molecule has 9 heteroatoms. The molecule has 0 radical (unpaired) electrons. The van der Waals surface area contributed by atoms with Gasteiger partial charge in [-0.25, -0.2) is 0 Å². The Bertz CT molecular complexity index is 1000. The van der Waals surface area contributed by atoms with E-state index in [4.69, 9.17) is 4.52 Å². The van der Waals surface area contributed by atoms with Crippen molar-refractivity contribution in [2.75, 3.05) is 0 Å². The molecule has 1 unspecified atom stereocenters. The summed E-state index contributed by atoms with van der Waals surface area (Å²) in [6.45, 7) is 6.10. The van der Waals surface area contributed by atoms with Crippen molar-refractivity contribution in [2.45, 2.75) is 31.2 Å². The number of thiophene rings is 1. The molecule has 0 aliphatic rings. The standard InChI is InChI=1S/C17H16N6OS2/c1-10-6-4-7-11(2)14(10)23-17(19-21-22-23)26-12(3)16-18-15(20-24-16)13-8-5-9-25-13/h4-9,12H,1-3H3. The maximum absolute atomic E-state index is 5.44. The van der Waals surface area contributed by atoms with Crippen LogP contribution in [-0.4, -0.2) is 30.3 Å². The predicted molar refractivity (Wildman–Crippen MR) is 101 cm³/mol. The minimum Gasteiger partial charge on any atom is -0.338 e. The zero-order valence-corrected chi connectivity index (χ0v) is 16.1. The normalized spacial score (nSPS) is 12.4. The number of benzene rings is 1. The van der Waals surface area contributed by atoms with Crippen molar-refractivity contribution in [2.24, 2.45) is 0 Å². The van der Waals surface area contributed by atoms with E-state index in [1.54, 1.807) is 16.0 Å². The minimum absolute atomic E-state index is 0.0784. The van der Waals surface area contributed by atoms with Crippen LogP contribution in [0, 0.1) is 13.8 Å². The number of hydrogen-bond acceptors (Lipinski definition) is 8. The first-order valence-electron chi connectivity index (χ1n) is 8.02. The first-order chi connectivity index (χ1) is 12.6. The summed E-state index contributed by atoms with van der Waals surface area (Å²) in [6, 6.07) is 10.1. The van der Waals surface area contributed by atoms with Gasteiger partial charge < -0.3 is 4.52 Å². The van der Waals surface area contributed by atoms with Gasteiger partial charge in [0.05, 0.1) is 15.8 Å². The Kier molecular flexibility index (Phi) is 4.56. The van der Waals surface area contributed by atoms with Gasteiger partial charge >= 0.3 is 0 Å².